The van der Waals surface area contributed by atoms with Crippen molar-refractivity contribution in [3.63, 3.8) is 0 Å². The van der Waals surface area contributed by atoms with Crippen LogP contribution in [0, 0.1) is 11.8 Å². The summed E-state index contributed by atoms with van der Waals surface area (Å²) in [5.74, 6) is -0.103. The zero-order chi connectivity index (χ0) is 19.9. The van der Waals surface area contributed by atoms with Gasteiger partial charge in [-0.15, -0.1) is 0 Å². The first-order valence-corrected chi connectivity index (χ1v) is 9.82. The minimum atomic E-state index is -1.07. The van der Waals surface area contributed by atoms with Crippen LogP contribution in [0.1, 0.15) is 74.1 Å². The summed E-state index contributed by atoms with van der Waals surface area (Å²) < 4.78 is 21.9. The molecule has 0 aromatic carbocycles. The SMILES string of the molecule is CC(C)CCC[C@H](C)CC1O[C@@H](C(=O)OC(C)C)[C@H](C(=O)OC(C)C)O1. The van der Waals surface area contributed by atoms with Crippen LogP contribution in [-0.2, 0) is 28.5 Å². The van der Waals surface area contributed by atoms with Gasteiger partial charge < -0.3 is 18.9 Å². The standard InChI is InChI=1S/C20H36O6/c1-12(2)9-8-10-15(7)11-16-25-17(19(21)23-13(3)4)18(26-16)20(22)24-14(5)6/h12-18H,8-11H2,1-7H3/t15-,17+,18+/m0/s1. The Morgan fingerprint density at radius 2 is 1.27 bits per heavy atom. The first kappa shape index (κ1) is 22.9. The van der Waals surface area contributed by atoms with E-state index in [2.05, 4.69) is 20.8 Å². The maximum Gasteiger partial charge on any atom is 0.339 e. The van der Waals surface area contributed by atoms with Crippen LogP contribution in [0.5, 0.6) is 0 Å². The molecule has 0 bridgehead atoms. The van der Waals surface area contributed by atoms with Gasteiger partial charge in [0.05, 0.1) is 12.2 Å². The largest absolute Gasteiger partial charge is 0.461 e. The molecule has 3 atom stereocenters. The van der Waals surface area contributed by atoms with Gasteiger partial charge in [0, 0.05) is 6.42 Å². The molecular formula is C20H36O6. The van der Waals surface area contributed by atoms with Crippen LogP contribution in [0.2, 0.25) is 0 Å². The van der Waals surface area contributed by atoms with Gasteiger partial charge in [0.25, 0.3) is 0 Å². The second-order valence-corrected chi connectivity index (χ2v) is 8.18. The van der Waals surface area contributed by atoms with Crippen LogP contribution < -0.4 is 0 Å². The topological polar surface area (TPSA) is 71.1 Å². The number of hydrogen-bond acceptors (Lipinski definition) is 6. The molecule has 0 N–H and O–H groups in total. The highest BCUT2D eigenvalue weighted by Crippen LogP contribution is 2.28. The third-order valence-electron chi connectivity index (χ3n) is 4.11. The Kier molecular flexibility index (Phi) is 9.58. The summed E-state index contributed by atoms with van der Waals surface area (Å²) in [5.41, 5.74) is 0. The monoisotopic (exact) mass is 372 g/mol. The summed E-state index contributed by atoms with van der Waals surface area (Å²) >= 11 is 0. The minimum absolute atomic E-state index is 0.290. The number of rotatable bonds is 10. The van der Waals surface area contributed by atoms with E-state index in [0.29, 0.717) is 18.3 Å². The van der Waals surface area contributed by atoms with Crippen LogP contribution in [0.4, 0.5) is 0 Å². The van der Waals surface area contributed by atoms with Gasteiger partial charge in [-0.1, -0.05) is 40.0 Å². The molecule has 0 spiro atoms. The highest BCUT2D eigenvalue weighted by atomic mass is 16.8. The first-order valence-electron chi connectivity index (χ1n) is 9.82. The number of esters is 2. The third kappa shape index (κ3) is 8.04. The fraction of sp³-hybridized carbons (Fsp3) is 0.900. The lowest BCUT2D eigenvalue weighted by Gasteiger charge is -2.17. The van der Waals surface area contributed by atoms with Crippen molar-refractivity contribution in [1.29, 1.82) is 0 Å². The van der Waals surface area contributed by atoms with E-state index in [1.165, 1.54) is 6.42 Å². The molecule has 0 aromatic rings. The van der Waals surface area contributed by atoms with Crippen molar-refractivity contribution in [2.45, 2.75) is 105 Å². The quantitative estimate of drug-likeness (QED) is 0.542. The van der Waals surface area contributed by atoms with Crippen molar-refractivity contribution < 1.29 is 28.5 Å². The summed E-state index contributed by atoms with van der Waals surface area (Å²) in [6.45, 7) is 13.6. The Labute approximate surface area is 157 Å². The maximum atomic E-state index is 12.3. The van der Waals surface area contributed by atoms with Crippen LogP contribution >= 0.6 is 0 Å². The molecule has 0 radical (unpaired) electrons. The van der Waals surface area contributed by atoms with Crippen molar-refractivity contribution in [3.8, 4) is 0 Å². The van der Waals surface area contributed by atoms with Gasteiger partial charge in [-0.25, -0.2) is 9.59 Å². The van der Waals surface area contributed by atoms with E-state index in [1.54, 1.807) is 27.7 Å². The smallest absolute Gasteiger partial charge is 0.339 e. The molecule has 26 heavy (non-hydrogen) atoms. The summed E-state index contributed by atoms with van der Waals surface area (Å²) in [6.07, 6.45) is 0.695. The average Bonchev–Trinajstić information content (AvgIpc) is 2.89. The van der Waals surface area contributed by atoms with Gasteiger partial charge in [-0.3, -0.25) is 0 Å². The van der Waals surface area contributed by atoms with Crippen molar-refractivity contribution >= 4 is 11.9 Å². The Bertz CT molecular complexity index is 416. The number of hydrogen-bond donors (Lipinski definition) is 0. The molecule has 6 nitrogen and oxygen atoms in total. The first-order chi connectivity index (χ1) is 12.1. The molecule has 0 aliphatic carbocycles. The van der Waals surface area contributed by atoms with Gasteiger partial charge in [0.1, 0.15) is 0 Å². The van der Waals surface area contributed by atoms with E-state index in [9.17, 15) is 9.59 Å². The molecule has 1 heterocycles. The molecule has 152 valence electrons. The summed E-state index contributed by atoms with van der Waals surface area (Å²) in [5, 5.41) is 0. The molecule has 1 aliphatic rings. The molecule has 6 heteroatoms. The zero-order valence-electron chi connectivity index (χ0n) is 17.3. The van der Waals surface area contributed by atoms with Crippen LogP contribution in [0.15, 0.2) is 0 Å². The van der Waals surface area contributed by atoms with Gasteiger partial charge in [-0.05, 0) is 39.5 Å². The van der Waals surface area contributed by atoms with E-state index in [1.807, 2.05) is 0 Å². The summed E-state index contributed by atoms with van der Waals surface area (Å²) in [6, 6.07) is 0. The highest BCUT2D eigenvalue weighted by Gasteiger charge is 2.47. The number of ether oxygens (including phenoxy) is 4. The lowest BCUT2D eigenvalue weighted by atomic mass is 9.97. The summed E-state index contributed by atoms with van der Waals surface area (Å²) in [7, 11) is 0. The second-order valence-electron chi connectivity index (χ2n) is 8.18. The molecule has 0 amide bonds. The Hall–Kier alpha value is -1.14. The second kappa shape index (κ2) is 10.9. The Balaban J connectivity index is 2.66. The van der Waals surface area contributed by atoms with Crippen molar-refractivity contribution in [2.24, 2.45) is 11.8 Å². The van der Waals surface area contributed by atoms with Crippen LogP contribution in [0.25, 0.3) is 0 Å². The molecule has 1 saturated heterocycles. The van der Waals surface area contributed by atoms with Gasteiger partial charge >= 0.3 is 11.9 Å². The van der Waals surface area contributed by atoms with Crippen molar-refractivity contribution in [2.75, 3.05) is 0 Å². The van der Waals surface area contributed by atoms with Crippen LogP contribution in [-0.4, -0.2) is 42.6 Å². The lowest BCUT2D eigenvalue weighted by Crippen LogP contribution is -2.40. The van der Waals surface area contributed by atoms with E-state index < -0.39 is 30.4 Å². The molecule has 0 unspecified atom stereocenters. The van der Waals surface area contributed by atoms with E-state index >= 15 is 0 Å². The maximum absolute atomic E-state index is 12.3. The third-order valence-corrected chi connectivity index (χ3v) is 4.11. The molecule has 1 rings (SSSR count). The van der Waals surface area contributed by atoms with Gasteiger partial charge in [-0.2, -0.15) is 0 Å². The molecule has 0 saturated carbocycles. The fourth-order valence-corrected chi connectivity index (χ4v) is 2.89. The minimum Gasteiger partial charge on any atom is -0.461 e. The van der Waals surface area contributed by atoms with Crippen LogP contribution in [0.3, 0.4) is 0 Å². The predicted molar refractivity (Wildman–Crippen MR) is 98.5 cm³/mol. The highest BCUT2D eigenvalue weighted by molar-refractivity contribution is 5.86. The molecule has 1 aliphatic heterocycles. The summed E-state index contributed by atoms with van der Waals surface area (Å²) in [4.78, 5) is 24.6. The molecule has 0 aromatic heterocycles. The van der Waals surface area contributed by atoms with Gasteiger partial charge in [0.15, 0.2) is 18.5 Å². The zero-order valence-corrected chi connectivity index (χ0v) is 17.3. The normalized spacial score (nSPS) is 22.2. The van der Waals surface area contributed by atoms with E-state index in [0.717, 1.165) is 12.8 Å². The number of carbonyl (C=O) groups is 2. The molecule has 1 fully saturated rings. The average molecular weight is 373 g/mol. The molecular weight excluding hydrogens is 336 g/mol. The lowest BCUT2D eigenvalue weighted by molar-refractivity contribution is -0.167. The van der Waals surface area contributed by atoms with Gasteiger partial charge in [0.2, 0.25) is 0 Å². The number of carbonyl (C=O) groups excluding carboxylic acids is 2. The fourth-order valence-electron chi connectivity index (χ4n) is 2.89. The predicted octanol–water partition coefficient (Wildman–Crippen LogP) is 3.85. The Morgan fingerprint density at radius 3 is 1.65 bits per heavy atom. The van der Waals surface area contributed by atoms with Crippen molar-refractivity contribution in [1.82, 2.24) is 0 Å². The van der Waals surface area contributed by atoms with E-state index in [-0.39, 0.29) is 12.2 Å². The Morgan fingerprint density at radius 1 is 0.808 bits per heavy atom. The van der Waals surface area contributed by atoms with Crippen molar-refractivity contribution in [3.05, 3.63) is 0 Å². The van der Waals surface area contributed by atoms with E-state index in [4.69, 9.17) is 18.9 Å².